The number of halogens is 3. The molecule has 0 radical (unpaired) electrons. The van der Waals surface area contributed by atoms with Crippen LogP contribution < -0.4 is 0 Å². The molecule has 1 heterocycles. The van der Waals surface area contributed by atoms with Crippen molar-refractivity contribution in [2.24, 2.45) is 22.7 Å². The van der Waals surface area contributed by atoms with Gasteiger partial charge in [-0.3, -0.25) is 9.59 Å². The van der Waals surface area contributed by atoms with Crippen molar-refractivity contribution in [1.82, 2.24) is 4.90 Å². The van der Waals surface area contributed by atoms with E-state index in [1.807, 2.05) is 6.92 Å². The minimum absolute atomic E-state index is 0.0222. The summed E-state index contributed by atoms with van der Waals surface area (Å²) in [6, 6.07) is 0. The molecule has 2 fully saturated rings. The molecule has 0 spiro atoms. The Hall–Kier alpha value is -1.27. The van der Waals surface area contributed by atoms with Gasteiger partial charge in [-0.1, -0.05) is 20.8 Å². The number of nitrogens with zero attached hydrogens (tertiary/aromatic N) is 1. The first-order chi connectivity index (χ1) is 10.4. The van der Waals surface area contributed by atoms with Crippen LogP contribution in [0.2, 0.25) is 0 Å². The highest BCUT2D eigenvalue weighted by atomic mass is 19.4. The number of carbonyl (C=O) groups is 2. The van der Waals surface area contributed by atoms with Crippen LogP contribution in [0.25, 0.3) is 0 Å². The van der Waals surface area contributed by atoms with Crippen molar-refractivity contribution < 1.29 is 27.9 Å². The molecule has 1 amide bonds. The zero-order chi connectivity index (χ0) is 17.6. The topological polar surface area (TPSA) is 57.6 Å². The van der Waals surface area contributed by atoms with Gasteiger partial charge in [-0.05, 0) is 37.0 Å². The number of amides is 1. The minimum atomic E-state index is -4.85. The van der Waals surface area contributed by atoms with Crippen LogP contribution in [0.3, 0.4) is 0 Å². The van der Waals surface area contributed by atoms with Crippen LogP contribution in [0, 0.1) is 22.7 Å². The smallest absolute Gasteiger partial charge is 0.406 e. The summed E-state index contributed by atoms with van der Waals surface area (Å²) >= 11 is 0. The van der Waals surface area contributed by atoms with Crippen LogP contribution >= 0.6 is 0 Å². The van der Waals surface area contributed by atoms with Gasteiger partial charge >= 0.3 is 12.1 Å². The van der Waals surface area contributed by atoms with Gasteiger partial charge in [0.05, 0.1) is 0 Å². The zero-order valence-electron chi connectivity index (χ0n) is 13.7. The summed E-state index contributed by atoms with van der Waals surface area (Å²) in [4.78, 5) is 25.0. The van der Waals surface area contributed by atoms with Crippen molar-refractivity contribution in [3.05, 3.63) is 0 Å². The van der Waals surface area contributed by atoms with Gasteiger partial charge in [0.1, 0.15) is 0 Å². The van der Waals surface area contributed by atoms with E-state index in [0.717, 1.165) is 11.3 Å². The second-order valence-electron chi connectivity index (χ2n) is 8.01. The predicted molar refractivity (Wildman–Crippen MR) is 77.6 cm³/mol. The van der Waals surface area contributed by atoms with E-state index in [4.69, 9.17) is 5.11 Å². The fourth-order valence-corrected chi connectivity index (χ4v) is 4.32. The maximum absolute atomic E-state index is 13.2. The molecule has 0 aromatic rings. The maximum Gasteiger partial charge on any atom is 0.406 e. The quantitative estimate of drug-likeness (QED) is 0.842. The number of likely N-dealkylation sites (tertiary alicyclic amines) is 1. The van der Waals surface area contributed by atoms with Crippen molar-refractivity contribution in [2.45, 2.75) is 52.6 Å². The lowest BCUT2D eigenvalue weighted by Gasteiger charge is -2.39. The molecule has 7 heteroatoms. The van der Waals surface area contributed by atoms with Crippen molar-refractivity contribution in [1.29, 1.82) is 0 Å². The third kappa shape index (κ3) is 3.33. The van der Waals surface area contributed by atoms with Crippen LogP contribution in [0.5, 0.6) is 0 Å². The highest BCUT2D eigenvalue weighted by Gasteiger charge is 2.64. The predicted octanol–water partition coefficient (Wildman–Crippen LogP) is 3.31. The number of carbonyl (C=O) groups excluding carboxylic acids is 1. The molecule has 4 nitrogen and oxygen atoms in total. The largest absolute Gasteiger partial charge is 0.481 e. The molecular weight excluding hydrogens is 311 g/mol. The monoisotopic (exact) mass is 335 g/mol. The van der Waals surface area contributed by atoms with Gasteiger partial charge < -0.3 is 10.0 Å². The summed E-state index contributed by atoms with van der Waals surface area (Å²) in [5.41, 5.74) is -2.84. The van der Waals surface area contributed by atoms with E-state index in [2.05, 4.69) is 13.8 Å². The van der Waals surface area contributed by atoms with Crippen LogP contribution in [0.15, 0.2) is 0 Å². The molecule has 1 N–H and O–H groups in total. The fourth-order valence-electron chi connectivity index (χ4n) is 4.32. The van der Waals surface area contributed by atoms with E-state index in [1.165, 1.54) is 0 Å². The SMILES string of the molecule is CC1CC(C(=O)N2CCC(C(=O)O)(C(F)(F)F)C2)CC(C)(C)C1. The Morgan fingerprint density at radius 3 is 2.26 bits per heavy atom. The molecule has 1 saturated heterocycles. The lowest BCUT2D eigenvalue weighted by molar-refractivity contribution is -0.227. The van der Waals surface area contributed by atoms with Gasteiger partial charge in [-0.15, -0.1) is 0 Å². The summed E-state index contributed by atoms with van der Waals surface area (Å²) in [7, 11) is 0. The van der Waals surface area contributed by atoms with E-state index < -0.39 is 30.5 Å². The summed E-state index contributed by atoms with van der Waals surface area (Å²) in [6.07, 6.45) is -3.14. The molecule has 23 heavy (non-hydrogen) atoms. The van der Waals surface area contributed by atoms with Gasteiger partial charge in [0, 0.05) is 19.0 Å². The van der Waals surface area contributed by atoms with Gasteiger partial charge in [0.25, 0.3) is 0 Å². The molecule has 1 aliphatic carbocycles. The third-order valence-electron chi connectivity index (χ3n) is 5.27. The number of rotatable bonds is 2. The Bertz CT molecular complexity index is 503. The van der Waals surface area contributed by atoms with Gasteiger partial charge in [0.2, 0.25) is 5.91 Å². The van der Waals surface area contributed by atoms with Crippen LogP contribution in [-0.4, -0.2) is 41.1 Å². The van der Waals surface area contributed by atoms with Crippen LogP contribution in [0.4, 0.5) is 13.2 Å². The molecule has 3 unspecified atom stereocenters. The Kier molecular flexibility index (Phi) is 4.45. The van der Waals surface area contributed by atoms with Crippen molar-refractivity contribution in [2.75, 3.05) is 13.1 Å². The average Bonchev–Trinajstić information content (AvgIpc) is 2.81. The number of hydrogen-bond acceptors (Lipinski definition) is 2. The molecule has 3 atom stereocenters. The van der Waals surface area contributed by atoms with Crippen LogP contribution in [-0.2, 0) is 9.59 Å². The van der Waals surface area contributed by atoms with Crippen molar-refractivity contribution in [3.63, 3.8) is 0 Å². The standard InChI is InChI=1S/C16H24F3NO3/c1-10-6-11(8-14(2,3)7-10)12(21)20-5-4-15(9-20,13(22)23)16(17,18)19/h10-11H,4-9H2,1-3H3,(H,22,23). The fraction of sp³-hybridized carbons (Fsp3) is 0.875. The normalized spacial score (nSPS) is 34.4. The molecule has 1 saturated carbocycles. The summed E-state index contributed by atoms with van der Waals surface area (Å²) in [6.45, 7) is 5.25. The van der Waals surface area contributed by atoms with Crippen molar-refractivity contribution in [3.8, 4) is 0 Å². The van der Waals surface area contributed by atoms with E-state index in [0.29, 0.717) is 18.8 Å². The average molecular weight is 335 g/mol. The van der Waals surface area contributed by atoms with Crippen molar-refractivity contribution >= 4 is 11.9 Å². The van der Waals surface area contributed by atoms with E-state index in [9.17, 15) is 22.8 Å². The number of hydrogen-bond donors (Lipinski definition) is 1. The molecule has 0 bridgehead atoms. The first-order valence-electron chi connectivity index (χ1n) is 7.97. The number of carboxylic acid groups (broad SMARTS) is 1. The Morgan fingerprint density at radius 2 is 1.83 bits per heavy atom. The molecule has 2 aliphatic rings. The summed E-state index contributed by atoms with van der Waals surface area (Å²) in [5.74, 6) is -2.19. The number of aliphatic carboxylic acids is 1. The Balaban J connectivity index is 2.15. The highest BCUT2D eigenvalue weighted by Crippen LogP contribution is 2.47. The minimum Gasteiger partial charge on any atom is -0.481 e. The van der Waals surface area contributed by atoms with Crippen LogP contribution in [0.1, 0.15) is 46.5 Å². The second-order valence-corrected chi connectivity index (χ2v) is 8.01. The van der Waals surface area contributed by atoms with E-state index in [1.54, 1.807) is 0 Å². The summed E-state index contributed by atoms with van der Waals surface area (Å²) < 4.78 is 39.6. The third-order valence-corrected chi connectivity index (χ3v) is 5.27. The van der Waals surface area contributed by atoms with Gasteiger partial charge in [0.15, 0.2) is 5.41 Å². The molecule has 2 rings (SSSR count). The maximum atomic E-state index is 13.2. The van der Waals surface area contributed by atoms with Gasteiger partial charge in [-0.25, -0.2) is 0 Å². The first-order valence-corrected chi connectivity index (χ1v) is 7.97. The van der Waals surface area contributed by atoms with E-state index in [-0.39, 0.29) is 23.8 Å². The second kappa shape index (κ2) is 5.67. The zero-order valence-corrected chi connectivity index (χ0v) is 13.7. The molecule has 132 valence electrons. The molecule has 0 aromatic heterocycles. The summed E-state index contributed by atoms with van der Waals surface area (Å²) in [5, 5.41) is 9.08. The van der Waals surface area contributed by atoms with E-state index >= 15 is 0 Å². The molecular formula is C16H24F3NO3. The number of alkyl halides is 3. The highest BCUT2D eigenvalue weighted by molar-refractivity contribution is 5.82. The Morgan fingerprint density at radius 1 is 1.22 bits per heavy atom. The molecule has 0 aromatic carbocycles. The first kappa shape index (κ1) is 18.1. The number of carboxylic acids is 1. The molecule has 1 aliphatic heterocycles. The lowest BCUT2D eigenvalue weighted by atomic mass is 9.67. The van der Waals surface area contributed by atoms with Gasteiger partial charge in [-0.2, -0.15) is 13.2 Å². The lowest BCUT2D eigenvalue weighted by Crippen LogP contribution is -2.48. The Labute approximate surface area is 134 Å².